The topological polar surface area (TPSA) is 78.1 Å². The summed E-state index contributed by atoms with van der Waals surface area (Å²) in [5.41, 5.74) is 8.18. The van der Waals surface area contributed by atoms with Crippen molar-refractivity contribution in [2.75, 3.05) is 27.4 Å². The molecule has 2 aromatic rings. The maximum atomic E-state index is 5.99. The fourth-order valence-corrected chi connectivity index (χ4v) is 2.60. The Bertz CT molecular complexity index is 782. The lowest BCUT2D eigenvalue weighted by molar-refractivity contribution is 0.271. The van der Waals surface area contributed by atoms with Gasteiger partial charge in [0.25, 0.3) is 0 Å². The molecule has 2 aromatic carbocycles. The summed E-state index contributed by atoms with van der Waals surface area (Å²) in [5, 5.41) is 3.15. The summed E-state index contributed by atoms with van der Waals surface area (Å²) in [6.07, 6.45) is 0.801. The number of nitrogens with one attached hydrogen (secondary N) is 1. The molecule has 2 rings (SSSR count). The van der Waals surface area contributed by atoms with Crippen LogP contribution >= 0.6 is 24.0 Å². The van der Waals surface area contributed by atoms with E-state index in [0.717, 1.165) is 34.8 Å². The zero-order chi connectivity index (χ0) is 20.4. The van der Waals surface area contributed by atoms with E-state index in [9.17, 15) is 0 Å². The van der Waals surface area contributed by atoms with Gasteiger partial charge in [0.1, 0.15) is 5.75 Å². The van der Waals surface area contributed by atoms with Gasteiger partial charge in [-0.05, 0) is 47.7 Å². The highest BCUT2D eigenvalue weighted by Gasteiger charge is 2.04. The number of guanidine groups is 1. The molecule has 0 spiro atoms. The van der Waals surface area contributed by atoms with Gasteiger partial charge >= 0.3 is 0 Å². The van der Waals surface area contributed by atoms with E-state index in [2.05, 4.69) is 24.2 Å². The summed E-state index contributed by atoms with van der Waals surface area (Å²) >= 11 is 0. The van der Waals surface area contributed by atoms with Crippen molar-refractivity contribution in [3.63, 3.8) is 0 Å². The highest BCUT2D eigenvalue weighted by atomic mass is 127. The van der Waals surface area contributed by atoms with Gasteiger partial charge in [0.15, 0.2) is 17.5 Å². The highest BCUT2D eigenvalue weighted by molar-refractivity contribution is 14.0. The predicted octanol–water partition coefficient (Wildman–Crippen LogP) is 4.00. The molecule has 0 unspecified atom stereocenters. The molecular weight excluding hydrogens is 481 g/mol. The molecule has 0 bridgehead atoms. The average Bonchev–Trinajstić information content (AvgIpc) is 2.71. The van der Waals surface area contributed by atoms with Crippen LogP contribution in [0.4, 0.5) is 0 Å². The van der Waals surface area contributed by atoms with Gasteiger partial charge in [-0.2, -0.15) is 0 Å². The fraction of sp³-hybridized carbons (Fsp3) is 0.409. The summed E-state index contributed by atoms with van der Waals surface area (Å²) in [5.74, 6) is 3.23. The number of nitrogens with zero attached hydrogens (tertiary/aromatic N) is 1. The Labute approximate surface area is 190 Å². The molecule has 0 atom stereocenters. The van der Waals surface area contributed by atoms with E-state index >= 15 is 0 Å². The van der Waals surface area contributed by atoms with Crippen LogP contribution in [-0.2, 0) is 13.0 Å². The Morgan fingerprint density at radius 1 is 1.03 bits per heavy atom. The zero-order valence-electron chi connectivity index (χ0n) is 17.6. The Hall–Kier alpha value is -2.16. The predicted molar refractivity (Wildman–Crippen MR) is 129 cm³/mol. The molecule has 0 saturated heterocycles. The van der Waals surface area contributed by atoms with Crippen LogP contribution in [0.25, 0.3) is 0 Å². The van der Waals surface area contributed by atoms with Crippen molar-refractivity contribution in [3.05, 3.63) is 53.6 Å². The molecule has 0 aliphatic rings. The van der Waals surface area contributed by atoms with E-state index in [-0.39, 0.29) is 24.0 Å². The largest absolute Gasteiger partial charge is 0.493 e. The maximum absolute atomic E-state index is 5.99. The van der Waals surface area contributed by atoms with Gasteiger partial charge in [0.2, 0.25) is 0 Å². The van der Waals surface area contributed by atoms with Gasteiger partial charge in [0.05, 0.1) is 27.4 Å². The summed E-state index contributed by atoms with van der Waals surface area (Å²) in [6.45, 7) is 6.15. The minimum Gasteiger partial charge on any atom is -0.493 e. The number of rotatable bonds is 10. The van der Waals surface area contributed by atoms with Crippen LogP contribution in [0.2, 0.25) is 0 Å². The van der Waals surface area contributed by atoms with E-state index in [0.29, 0.717) is 31.6 Å². The third-order valence-electron chi connectivity index (χ3n) is 4.08. The smallest absolute Gasteiger partial charge is 0.188 e. The molecule has 0 aromatic heterocycles. The van der Waals surface area contributed by atoms with Crippen molar-refractivity contribution in [3.8, 4) is 17.2 Å². The third-order valence-corrected chi connectivity index (χ3v) is 4.08. The summed E-state index contributed by atoms with van der Waals surface area (Å²) in [4.78, 5) is 4.41. The van der Waals surface area contributed by atoms with Gasteiger partial charge < -0.3 is 25.3 Å². The monoisotopic (exact) mass is 513 g/mol. The van der Waals surface area contributed by atoms with Crippen molar-refractivity contribution in [1.29, 1.82) is 0 Å². The van der Waals surface area contributed by atoms with Crippen LogP contribution in [0.1, 0.15) is 25.0 Å². The van der Waals surface area contributed by atoms with E-state index in [1.807, 2.05) is 42.5 Å². The highest BCUT2D eigenvalue weighted by Crippen LogP contribution is 2.27. The van der Waals surface area contributed by atoms with Crippen LogP contribution < -0.4 is 25.3 Å². The normalized spacial score (nSPS) is 11.0. The van der Waals surface area contributed by atoms with Crippen molar-refractivity contribution in [2.45, 2.75) is 26.8 Å². The van der Waals surface area contributed by atoms with E-state index in [1.54, 1.807) is 14.2 Å². The summed E-state index contributed by atoms with van der Waals surface area (Å²) < 4.78 is 16.3. The molecule has 0 fully saturated rings. The SMILES string of the molecule is COc1ccc(CCNC(N)=NCc2cccc(OCC(C)C)c2)cc1OC.I. The Balaban J connectivity index is 0.00000420. The third kappa shape index (κ3) is 8.81. The van der Waals surface area contributed by atoms with Crippen molar-refractivity contribution in [2.24, 2.45) is 16.6 Å². The fourth-order valence-electron chi connectivity index (χ4n) is 2.60. The number of hydrogen-bond donors (Lipinski definition) is 2. The van der Waals surface area contributed by atoms with Crippen LogP contribution in [0.3, 0.4) is 0 Å². The quantitative estimate of drug-likeness (QED) is 0.285. The van der Waals surface area contributed by atoms with E-state index in [4.69, 9.17) is 19.9 Å². The van der Waals surface area contributed by atoms with Gasteiger partial charge in [-0.25, -0.2) is 4.99 Å². The van der Waals surface area contributed by atoms with Crippen molar-refractivity contribution >= 4 is 29.9 Å². The molecule has 7 heteroatoms. The first-order valence-corrected chi connectivity index (χ1v) is 9.48. The molecule has 160 valence electrons. The molecule has 29 heavy (non-hydrogen) atoms. The Kier molecular flexibility index (Phi) is 11.3. The van der Waals surface area contributed by atoms with Crippen LogP contribution in [0, 0.1) is 5.92 Å². The second kappa shape index (κ2) is 13.1. The number of benzene rings is 2. The maximum Gasteiger partial charge on any atom is 0.188 e. The first-order chi connectivity index (χ1) is 13.5. The minimum absolute atomic E-state index is 0. The molecule has 0 heterocycles. The molecule has 0 aliphatic carbocycles. The second-order valence-electron chi connectivity index (χ2n) is 6.92. The van der Waals surface area contributed by atoms with E-state index < -0.39 is 0 Å². The number of aliphatic imine (C=N–C) groups is 1. The van der Waals surface area contributed by atoms with Crippen LogP contribution in [0.5, 0.6) is 17.2 Å². The molecule has 0 saturated carbocycles. The van der Waals surface area contributed by atoms with Gasteiger partial charge in [-0.15, -0.1) is 24.0 Å². The first kappa shape index (κ1) is 24.9. The molecule has 0 amide bonds. The molecular formula is C22H32IN3O3. The van der Waals surface area contributed by atoms with Crippen LogP contribution in [-0.4, -0.2) is 33.3 Å². The summed E-state index contributed by atoms with van der Waals surface area (Å²) in [6, 6.07) is 13.8. The standard InChI is InChI=1S/C22H31N3O3.HI/c1-16(2)15-28-19-7-5-6-18(12-19)14-25-22(23)24-11-10-17-8-9-20(26-3)21(13-17)27-4;/h5-9,12-13,16H,10-11,14-15H2,1-4H3,(H3,23,24,25);1H. The molecule has 0 aliphatic heterocycles. The number of ether oxygens (including phenoxy) is 3. The van der Waals surface area contributed by atoms with Crippen molar-refractivity contribution in [1.82, 2.24) is 5.32 Å². The summed E-state index contributed by atoms with van der Waals surface area (Å²) in [7, 11) is 3.26. The molecule has 3 N–H and O–H groups in total. The number of nitrogens with two attached hydrogens (primary N) is 1. The average molecular weight is 513 g/mol. The number of hydrogen-bond acceptors (Lipinski definition) is 4. The number of halogens is 1. The Morgan fingerprint density at radius 2 is 1.79 bits per heavy atom. The molecule has 0 radical (unpaired) electrons. The zero-order valence-corrected chi connectivity index (χ0v) is 19.9. The van der Waals surface area contributed by atoms with Crippen LogP contribution in [0.15, 0.2) is 47.5 Å². The van der Waals surface area contributed by atoms with Gasteiger partial charge in [0, 0.05) is 6.54 Å². The first-order valence-electron chi connectivity index (χ1n) is 9.48. The lowest BCUT2D eigenvalue weighted by atomic mass is 10.1. The van der Waals surface area contributed by atoms with Gasteiger partial charge in [-0.3, -0.25) is 0 Å². The lowest BCUT2D eigenvalue weighted by Gasteiger charge is -2.11. The van der Waals surface area contributed by atoms with Crippen molar-refractivity contribution < 1.29 is 14.2 Å². The second-order valence-corrected chi connectivity index (χ2v) is 6.92. The minimum atomic E-state index is 0. The number of methoxy groups -OCH3 is 2. The molecule has 6 nitrogen and oxygen atoms in total. The van der Waals surface area contributed by atoms with E-state index in [1.165, 1.54) is 0 Å². The lowest BCUT2D eigenvalue weighted by Crippen LogP contribution is -2.33. The van der Waals surface area contributed by atoms with Gasteiger partial charge in [-0.1, -0.05) is 32.0 Å². The Morgan fingerprint density at radius 3 is 2.48 bits per heavy atom.